The quantitative estimate of drug-likeness (QED) is 0.561. The maximum Gasteiger partial charge on any atom is 0.266 e. The molecule has 3 rings (SSSR count). The number of nitriles is 1. The molecule has 0 radical (unpaired) electrons. The number of pyridine rings is 1. The molecule has 0 unspecified atom stereocenters. The Labute approximate surface area is 185 Å². The second-order valence-corrected chi connectivity index (χ2v) is 6.81. The number of nitrogens with zero attached hydrogens (tertiary/aromatic N) is 1. The maximum absolute atomic E-state index is 12.4. The van der Waals surface area contributed by atoms with Gasteiger partial charge in [0, 0.05) is 11.3 Å². The van der Waals surface area contributed by atoms with E-state index in [1.165, 1.54) is 7.11 Å². The first-order valence-electron chi connectivity index (χ1n) is 9.93. The molecule has 2 aromatic carbocycles. The Hall–Kier alpha value is -4.25. The molecule has 32 heavy (non-hydrogen) atoms. The number of rotatable bonds is 8. The molecular weight excluding hydrogens is 410 g/mol. The first-order valence-corrected chi connectivity index (χ1v) is 9.93. The van der Waals surface area contributed by atoms with Gasteiger partial charge >= 0.3 is 0 Å². The lowest BCUT2D eigenvalue weighted by Gasteiger charge is -2.15. The highest BCUT2D eigenvalue weighted by Crippen LogP contribution is 2.34. The zero-order chi connectivity index (χ0) is 23.1. The molecule has 1 aromatic heterocycles. The third-order valence-electron chi connectivity index (χ3n) is 4.57. The smallest absolute Gasteiger partial charge is 0.266 e. The molecule has 8 heteroatoms. The van der Waals surface area contributed by atoms with Crippen LogP contribution in [0.4, 0.5) is 5.69 Å². The van der Waals surface area contributed by atoms with Crippen molar-refractivity contribution in [3.63, 3.8) is 0 Å². The highest BCUT2D eigenvalue weighted by Gasteiger charge is 2.15. The third-order valence-corrected chi connectivity index (χ3v) is 4.57. The van der Waals surface area contributed by atoms with E-state index >= 15 is 0 Å². The van der Waals surface area contributed by atoms with E-state index in [2.05, 4.69) is 10.3 Å². The van der Waals surface area contributed by atoms with E-state index in [4.69, 9.17) is 14.2 Å². The molecule has 1 amide bonds. The van der Waals surface area contributed by atoms with Crippen molar-refractivity contribution in [2.45, 2.75) is 13.8 Å². The van der Waals surface area contributed by atoms with Gasteiger partial charge in [-0.3, -0.25) is 9.59 Å². The molecule has 3 aromatic rings. The minimum Gasteiger partial charge on any atom is -0.495 e. The number of anilines is 1. The van der Waals surface area contributed by atoms with Crippen molar-refractivity contribution < 1.29 is 19.0 Å². The van der Waals surface area contributed by atoms with Gasteiger partial charge in [0.05, 0.1) is 19.4 Å². The number of carbonyl (C=O) groups is 1. The molecule has 0 aliphatic rings. The fraction of sp³-hybridized carbons (Fsp3) is 0.208. The van der Waals surface area contributed by atoms with Gasteiger partial charge in [-0.1, -0.05) is 18.2 Å². The predicted molar refractivity (Wildman–Crippen MR) is 120 cm³/mol. The Morgan fingerprint density at radius 3 is 2.59 bits per heavy atom. The second kappa shape index (κ2) is 10.2. The van der Waals surface area contributed by atoms with Crippen molar-refractivity contribution in [2.24, 2.45) is 0 Å². The number of aromatic nitrogens is 1. The van der Waals surface area contributed by atoms with Crippen LogP contribution in [0.25, 0.3) is 11.1 Å². The molecule has 8 nitrogen and oxygen atoms in total. The summed E-state index contributed by atoms with van der Waals surface area (Å²) in [5.41, 5.74) is 1.87. The summed E-state index contributed by atoms with van der Waals surface area (Å²) in [6.45, 7) is 3.69. The molecule has 0 bridgehead atoms. The number of amides is 1. The number of H-pyrrole nitrogens is 1. The molecule has 2 N–H and O–H groups in total. The van der Waals surface area contributed by atoms with Crippen LogP contribution in [0.15, 0.2) is 53.3 Å². The van der Waals surface area contributed by atoms with E-state index in [1.54, 1.807) is 55.5 Å². The Balaban J connectivity index is 1.82. The number of carbonyl (C=O) groups excluding carboxylic acids is 1. The Morgan fingerprint density at radius 2 is 1.88 bits per heavy atom. The van der Waals surface area contributed by atoms with Crippen LogP contribution in [0.2, 0.25) is 0 Å². The highest BCUT2D eigenvalue weighted by atomic mass is 16.5. The summed E-state index contributed by atoms with van der Waals surface area (Å²) in [7, 11) is 1.52. The van der Waals surface area contributed by atoms with Crippen LogP contribution in [-0.4, -0.2) is 31.2 Å². The lowest BCUT2D eigenvalue weighted by molar-refractivity contribution is -0.118. The van der Waals surface area contributed by atoms with E-state index in [9.17, 15) is 14.9 Å². The lowest BCUT2D eigenvalue weighted by Crippen LogP contribution is -2.20. The Kier molecular flexibility index (Phi) is 7.13. The monoisotopic (exact) mass is 433 g/mol. The number of aromatic amines is 1. The summed E-state index contributed by atoms with van der Waals surface area (Å²) in [6, 6.07) is 15.8. The third kappa shape index (κ3) is 5.08. The van der Waals surface area contributed by atoms with Crippen molar-refractivity contribution >= 4 is 11.6 Å². The fourth-order valence-corrected chi connectivity index (χ4v) is 3.17. The maximum atomic E-state index is 12.4. The first-order chi connectivity index (χ1) is 15.5. The van der Waals surface area contributed by atoms with Crippen LogP contribution in [0.3, 0.4) is 0 Å². The van der Waals surface area contributed by atoms with Crippen molar-refractivity contribution in [3.05, 3.63) is 70.1 Å². The number of aryl methyl sites for hydroxylation is 1. The molecule has 0 aliphatic heterocycles. The van der Waals surface area contributed by atoms with Gasteiger partial charge < -0.3 is 24.5 Å². The molecule has 0 atom stereocenters. The average molecular weight is 433 g/mol. The first kappa shape index (κ1) is 22.4. The van der Waals surface area contributed by atoms with E-state index < -0.39 is 5.56 Å². The summed E-state index contributed by atoms with van der Waals surface area (Å²) in [4.78, 5) is 27.1. The van der Waals surface area contributed by atoms with E-state index in [0.29, 0.717) is 46.4 Å². The summed E-state index contributed by atoms with van der Waals surface area (Å²) in [5, 5.41) is 12.1. The SMILES string of the molecule is CCOc1cc(-c2cc(C)[nH]c(=O)c2C#N)ccc1OCC(=O)Nc1ccccc1OC. The summed E-state index contributed by atoms with van der Waals surface area (Å²) >= 11 is 0. The molecule has 0 aliphatic carbocycles. The van der Waals surface area contributed by atoms with E-state index in [-0.39, 0.29) is 18.1 Å². The van der Waals surface area contributed by atoms with Gasteiger partial charge in [0.15, 0.2) is 18.1 Å². The Morgan fingerprint density at radius 1 is 1.09 bits per heavy atom. The van der Waals surface area contributed by atoms with Crippen LogP contribution in [0.5, 0.6) is 17.2 Å². The molecule has 0 spiro atoms. The number of para-hydroxylation sites is 2. The van der Waals surface area contributed by atoms with Gasteiger partial charge in [-0.2, -0.15) is 5.26 Å². The summed E-state index contributed by atoms with van der Waals surface area (Å²) in [5.74, 6) is 0.947. The molecule has 0 saturated heterocycles. The average Bonchev–Trinajstić information content (AvgIpc) is 2.78. The number of hydrogen-bond donors (Lipinski definition) is 2. The highest BCUT2D eigenvalue weighted by molar-refractivity contribution is 5.93. The van der Waals surface area contributed by atoms with Crippen LogP contribution < -0.4 is 25.1 Å². The molecule has 1 heterocycles. The normalized spacial score (nSPS) is 10.2. The minimum absolute atomic E-state index is 0.0166. The van der Waals surface area contributed by atoms with Crippen LogP contribution in [0, 0.1) is 18.3 Å². The molecule has 0 saturated carbocycles. The number of nitrogens with one attached hydrogen (secondary N) is 2. The summed E-state index contributed by atoms with van der Waals surface area (Å²) in [6.07, 6.45) is 0. The van der Waals surface area contributed by atoms with Gasteiger partial charge in [-0.05, 0) is 49.7 Å². The number of benzene rings is 2. The standard InChI is InChI=1S/C24H23N3O5/c1-4-31-22-12-16(17-11-15(2)26-24(29)18(17)13-25)9-10-21(22)32-14-23(28)27-19-7-5-6-8-20(19)30-3/h5-12H,4,14H2,1-3H3,(H,26,29)(H,27,28). The second-order valence-electron chi connectivity index (χ2n) is 6.81. The Bertz CT molecular complexity index is 1230. The largest absolute Gasteiger partial charge is 0.495 e. The van der Waals surface area contributed by atoms with Crippen molar-refractivity contribution in [1.82, 2.24) is 4.98 Å². The van der Waals surface area contributed by atoms with Crippen LogP contribution >= 0.6 is 0 Å². The van der Waals surface area contributed by atoms with Crippen LogP contribution in [-0.2, 0) is 4.79 Å². The van der Waals surface area contributed by atoms with Crippen molar-refractivity contribution in [3.8, 4) is 34.4 Å². The van der Waals surface area contributed by atoms with Gasteiger partial charge in [0.1, 0.15) is 17.4 Å². The molecule has 164 valence electrons. The fourth-order valence-electron chi connectivity index (χ4n) is 3.17. The number of ether oxygens (including phenoxy) is 3. The zero-order valence-corrected chi connectivity index (χ0v) is 18.0. The molecule has 0 fully saturated rings. The molecular formula is C24H23N3O5. The van der Waals surface area contributed by atoms with Gasteiger partial charge in [-0.15, -0.1) is 0 Å². The number of methoxy groups -OCH3 is 1. The summed E-state index contributed by atoms with van der Waals surface area (Å²) < 4.78 is 16.6. The van der Waals surface area contributed by atoms with E-state index in [1.807, 2.05) is 13.0 Å². The number of hydrogen-bond acceptors (Lipinski definition) is 6. The van der Waals surface area contributed by atoms with E-state index in [0.717, 1.165) is 0 Å². The lowest BCUT2D eigenvalue weighted by atomic mass is 10.0. The van der Waals surface area contributed by atoms with Crippen molar-refractivity contribution in [2.75, 3.05) is 25.6 Å². The zero-order valence-electron chi connectivity index (χ0n) is 18.0. The van der Waals surface area contributed by atoms with Crippen LogP contribution in [0.1, 0.15) is 18.2 Å². The van der Waals surface area contributed by atoms with Gasteiger partial charge in [0.25, 0.3) is 11.5 Å². The minimum atomic E-state index is -0.450. The van der Waals surface area contributed by atoms with Crippen molar-refractivity contribution in [1.29, 1.82) is 5.26 Å². The van der Waals surface area contributed by atoms with Gasteiger partial charge in [0.2, 0.25) is 0 Å². The predicted octanol–water partition coefficient (Wildman–Crippen LogP) is 3.65. The van der Waals surface area contributed by atoms with Gasteiger partial charge in [-0.25, -0.2) is 0 Å². The topological polar surface area (TPSA) is 113 Å².